The van der Waals surface area contributed by atoms with Gasteiger partial charge in [-0.15, -0.1) is 0 Å². The summed E-state index contributed by atoms with van der Waals surface area (Å²) in [6.45, 7) is 5.99. The molecule has 1 aliphatic rings. The number of methoxy groups -OCH3 is 1. The summed E-state index contributed by atoms with van der Waals surface area (Å²) in [5.74, 6) is 0.278. The molecule has 0 saturated heterocycles. The molecule has 0 aliphatic carbocycles. The molecule has 0 saturated carbocycles. The zero-order valence-electron chi connectivity index (χ0n) is 13.7. The van der Waals surface area contributed by atoms with Crippen molar-refractivity contribution >= 4 is 11.9 Å². The minimum Gasteiger partial charge on any atom is -0.493 e. The van der Waals surface area contributed by atoms with Gasteiger partial charge in [0.15, 0.2) is 17.6 Å². The zero-order valence-corrected chi connectivity index (χ0v) is 13.7. The summed E-state index contributed by atoms with van der Waals surface area (Å²) < 4.78 is 21.3. The van der Waals surface area contributed by atoms with Crippen LogP contribution >= 0.6 is 0 Å². The Morgan fingerprint density at radius 2 is 1.87 bits per heavy atom. The van der Waals surface area contributed by atoms with Crippen molar-refractivity contribution in [2.45, 2.75) is 32.9 Å². The summed E-state index contributed by atoms with van der Waals surface area (Å²) in [5.41, 5.74) is 0.232. The Labute approximate surface area is 134 Å². The fourth-order valence-corrected chi connectivity index (χ4v) is 2.07. The van der Waals surface area contributed by atoms with Crippen LogP contribution in [0.25, 0.3) is 0 Å². The molecule has 126 valence electrons. The van der Waals surface area contributed by atoms with E-state index in [-0.39, 0.29) is 17.5 Å². The van der Waals surface area contributed by atoms with Gasteiger partial charge in [0.25, 0.3) is 5.91 Å². The molecule has 1 aromatic carbocycles. The van der Waals surface area contributed by atoms with Crippen molar-refractivity contribution < 1.29 is 28.5 Å². The second kappa shape index (κ2) is 7.21. The summed E-state index contributed by atoms with van der Waals surface area (Å²) in [6.07, 6.45) is -0.899. The molecule has 0 aromatic heterocycles. The molecule has 1 atom stereocenters. The molecule has 2 rings (SSSR count). The number of carbonyl (C=O) groups excluding carboxylic acids is 2. The maximum absolute atomic E-state index is 12.2. The van der Waals surface area contributed by atoms with Crippen molar-refractivity contribution in [1.29, 1.82) is 0 Å². The van der Waals surface area contributed by atoms with Gasteiger partial charge in [0.1, 0.15) is 13.2 Å². The molecule has 1 aliphatic heterocycles. The Hall–Kier alpha value is -2.44. The highest BCUT2D eigenvalue weighted by Crippen LogP contribution is 2.40. The molecule has 1 N–H and O–H groups in total. The van der Waals surface area contributed by atoms with E-state index in [0.29, 0.717) is 30.5 Å². The third-order valence-electron chi connectivity index (χ3n) is 3.15. The van der Waals surface area contributed by atoms with Crippen LogP contribution in [0.2, 0.25) is 0 Å². The van der Waals surface area contributed by atoms with E-state index in [1.807, 2.05) is 13.8 Å². The summed E-state index contributed by atoms with van der Waals surface area (Å²) in [4.78, 5) is 24.1. The number of rotatable bonds is 5. The summed E-state index contributed by atoms with van der Waals surface area (Å²) in [6, 6.07) is 2.99. The minimum absolute atomic E-state index is 0.0296. The molecule has 7 nitrogen and oxygen atoms in total. The van der Waals surface area contributed by atoms with E-state index in [0.717, 1.165) is 0 Å². The minimum atomic E-state index is -0.899. The number of ether oxygens (including phenoxy) is 4. The van der Waals surface area contributed by atoms with E-state index < -0.39 is 12.1 Å². The number of fused-ring (bicyclic) bond motifs is 1. The standard InChI is InChI=1S/C16H21NO6/c1-9(2)17-15(18)10(3)23-16(19)11-7-12(20-4)14-13(8-11)21-5-6-22-14/h7-10H,5-6H2,1-4H3,(H,17,18)/t10-/m0/s1. The van der Waals surface area contributed by atoms with Crippen LogP contribution in [0.5, 0.6) is 17.2 Å². The topological polar surface area (TPSA) is 83.1 Å². The Morgan fingerprint density at radius 1 is 1.17 bits per heavy atom. The molecule has 1 aromatic rings. The van der Waals surface area contributed by atoms with Gasteiger partial charge >= 0.3 is 5.97 Å². The number of nitrogens with one attached hydrogen (secondary N) is 1. The van der Waals surface area contributed by atoms with E-state index in [9.17, 15) is 9.59 Å². The first-order chi connectivity index (χ1) is 10.9. The first-order valence-electron chi connectivity index (χ1n) is 7.41. The van der Waals surface area contributed by atoms with E-state index in [1.54, 1.807) is 0 Å². The molecule has 7 heteroatoms. The van der Waals surface area contributed by atoms with Crippen molar-refractivity contribution in [3.63, 3.8) is 0 Å². The Bertz CT molecular complexity index is 581. The van der Waals surface area contributed by atoms with E-state index in [2.05, 4.69) is 5.32 Å². The maximum Gasteiger partial charge on any atom is 0.339 e. The van der Waals surface area contributed by atoms with Crippen molar-refractivity contribution in [1.82, 2.24) is 5.32 Å². The summed E-state index contributed by atoms with van der Waals surface area (Å²) in [5, 5.41) is 2.69. The average Bonchev–Trinajstić information content (AvgIpc) is 2.52. The van der Waals surface area contributed by atoms with Crippen LogP contribution in [0.4, 0.5) is 0 Å². The molecule has 0 spiro atoms. The predicted molar refractivity (Wildman–Crippen MR) is 82.1 cm³/mol. The van der Waals surface area contributed by atoms with Crippen LogP contribution in [0.1, 0.15) is 31.1 Å². The van der Waals surface area contributed by atoms with Gasteiger partial charge in [-0.2, -0.15) is 0 Å². The Balaban J connectivity index is 2.14. The third-order valence-corrected chi connectivity index (χ3v) is 3.15. The van der Waals surface area contributed by atoms with Crippen molar-refractivity contribution in [2.24, 2.45) is 0 Å². The molecule has 1 heterocycles. The quantitative estimate of drug-likeness (QED) is 0.828. The van der Waals surface area contributed by atoms with Crippen LogP contribution in [0.15, 0.2) is 12.1 Å². The number of hydrogen-bond acceptors (Lipinski definition) is 6. The van der Waals surface area contributed by atoms with E-state index >= 15 is 0 Å². The maximum atomic E-state index is 12.2. The van der Waals surface area contributed by atoms with Crippen LogP contribution in [0.3, 0.4) is 0 Å². The number of benzene rings is 1. The highest BCUT2D eigenvalue weighted by atomic mass is 16.6. The number of amides is 1. The second-order valence-corrected chi connectivity index (χ2v) is 5.41. The van der Waals surface area contributed by atoms with Gasteiger partial charge < -0.3 is 24.3 Å². The van der Waals surface area contributed by atoms with Gasteiger partial charge in [-0.1, -0.05) is 0 Å². The monoisotopic (exact) mass is 323 g/mol. The predicted octanol–water partition coefficient (Wildman–Crippen LogP) is 1.54. The molecule has 0 radical (unpaired) electrons. The van der Waals surface area contributed by atoms with E-state index in [1.165, 1.54) is 26.2 Å². The highest BCUT2D eigenvalue weighted by Gasteiger charge is 2.24. The Morgan fingerprint density at radius 3 is 2.52 bits per heavy atom. The van der Waals surface area contributed by atoms with Gasteiger partial charge in [-0.3, -0.25) is 4.79 Å². The number of carbonyl (C=O) groups is 2. The summed E-state index contributed by atoms with van der Waals surface area (Å²) in [7, 11) is 1.47. The van der Waals surface area contributed by atoms with Crippen LogP contribution < -0.4 is 19.5 Å². The lowest BCUT2D eigenvalue weighted by Gasteiger charge is -2.21. The number of hydrogen-bond donors (Lipinski definition) is 1. The van der Waals surface area contributed by atoms with Gasteiger partial charge in [-0.25, -0.2) is 4.79 Å². The highest BCUT2D eigenvalue weighted by molar-refractivity contribution is 5.93. The number of esters is 1. The third kappa shape index (κ3) is 4.06. The molecule has 1 amide bonds. The van der Waals surface area contributed by atoms with Crippen molar-refractivity contribution in [3.05, 3.63) is 17.7 Å². The molecule has 0 unspecified atom stereocenters. The summed E-state index contributed by atoms with van der Waals surface area (Å²) >= 11 is 0. The van der Waals surface area contributed by atoms with Gasteiger partial charge in [0.05, 0.1) is 12.7 Å². The second-order valence-electron chi connectivity index (χ2n) is 5.41. The van der Waals surface area contributed by atoms with Gasteiger partial charge in [0, 0.05) is 6.04 Å². The lowest BCUT2D eigenvalue weighted by atomic mass is 10.1. The van der Waals surface area contributed by atoms with Crippen LogP contribution in [-0.2, 0) is 9.53 Å². The normalized spacial score (nSPS) is 14.1. The molecule has 0 fully saturated rings. The zero-order chi connectivity index (χ0) is 17.0. The average molecular weight is 323 g/mol. The van der Waals surface area contributed by atoms with Crippen LogP contribution in [0, 0.1) is 0 Å². The van der Waals surface area contributed by atoms with Crippen LogP contribution in [-0.4, -0.2) is 44.3 Å². The molecular formula is C16H21NO6. The SMILES string of the molecule is COc1cc(C(=O)O[C@@H](C)C(=O)NC(C)C)cc2c1OCCO2. The largest absolute Gasteiger partial charge is 0.493 e. The lowest BCUT2D eigenvalue weighted by molar-refractivity contribution is -0.129. The first-order valence-corrected chi connectivity index (χ1v) is 7.41. The fourth-order valence-electron chi connectivity index (χ4n) is 2.07. The Kier molecular flexibility index (Phi) is 5.31. The van der Waals surface area contributed by atoms with Gasteiger partial charge in [0.2, 0.25) is 5.75 Å². The smallest absolute Gasteiger partial charge is 0.339 e. The fraction of sp³-hybridized carbons (Fsp3) is 0.500. The van der Waals surface area contributed by atoms with Gasteiger partial charge in [-0.05, 0) is 32.9 Å². The molecule has 23 heavy (non-hydrogen) atoms. The molecule has 0 bridgehead atoms. The first kappa shape index (κ1) is 16.9. The van der Waals surface area contributed by atoms with Crippen molar-refractivity contribution in [3.8, 4) is 17.2 Å². The van der Waals surface area contributed by atoms with E-state index in [4.69, 9.17) is 18.9 Å². The van der Waals surface area contributed by atoms with Crippen molar-refractivity contribution in [2.75, 3.05) is 20.3 Å². The lowest BCUT2D eigenvalue weighted by Crippen LogP contribution is -2.39. The molecular weight excluding hydrogens is 302 g/mol.